The molecule has 0 radical (unpaired) electrons. The number of hydrogen-bond donors (Lipinski definition) is 2. The highest BCUT2D eigenvalue weighted by atomic mass is 35.5. The highest BCUT2D eigenvalue weighted by Crippen LogP contribution is 2.17. The van der Waals surface area contributed by atoms with Gasteiger partial charge in [0, 0.05) is 12.3 Å². The van der Waals surface area contributed by atoms with Crippen LogP contribution in [0.3, 0.4) is 0 Å². The first-order chi connectivity index (χ1) is 19.3. The van der Waals surface area contributed by atoms with Gasteiger partial charge in [0.05, 0.1) is 0 Å². The Labute approximate surface area is 250 Å². The first-order valence-corrected chi connectivity index (χ1v) is 18.3. The summed E-state index contributed by atoms with van der Waals surface area (Å²) in [6.45, 7) is 0. The van der Waals surface area contributed by atoms with E-state index in [1.54, 1.807) is 5.48 Å². The van der Waals surface area contributed by atoms with E-state index in [4.69, 9.17) is 16.8 Å². The molecule has 0 bridgehead atoms. The monoisotopic (exact) mass is 572 g/mol. The van der Waals surface area contributed by atoms with Crippen LogP contribution in [-0.4, -0.2) is 17.0 Å². The molecule has 0 unspecified atom stereocenters. The molecule has 0 atom stereocenters. The van der Waals surface area contributed by atoms with Crippen LogP contribution in [0.5, 0.6) is 0 Å². The summed E-state index contributed by atoms with van der Waals surface area (Å²) in [5.74, 6) is 0.583. The van der Waals surface area contributed by atoms with Crippen molar-refractivity contribution in [1.82, 2.24) is 5.48 Å². The molecule has 0 aliphatic carbocycles. The molecule has 0 aliphatic heterocycles. The lowest BCUT2D eigenvalue weighted by atomic mass is 10.0. The van der Waals surface area contributed by atoms with Gasteiger partial charge < -0.3 is 0 Å². The Kier molecular flexibility index (Phi) is 35.5. The van der Waals surface area contributed by atoms with Crippen molar-refractivity contribution in [3.8, 4) is 0 Å². The van der Waals surface area contributed by atoms with Crippen LogP contribution >= 0.6 is 11.6 Å². The molecule has 39 heavy (non-hydrogen) atoms. The largest absolute Gasteiger partial charge is 0.289 e. The smallest absolute Gasteiger partial charge is 0.243 e. The normalized spacial score (nSPS) is 11.3. The molecular weight excluding hydrogens is 502 g/mol. The highest BCUT2D eigenvalue weighted by Gasteiger charge is 1.99. The summed E-state index contributed by atoms with van der Waals surface area (Å²) in [7, 11) is 0. The maximum absolute atomic E-state index is 10.9. The molecule has 4 heteroatoms. The van der Waals surface area contributed by atoms with E-state index in [0.717, 1.165) is 18.7 Å². The van der Waals surface area contributed by atoms with Crippen molar-refractivity contribution < 1.29 is 10.0 Å². The maximum atomic E-state index is 10.9. The molecule has 0 heterocycles. The van der Waals surface area contributed by atoms with Crippen LogP contribution in [0.2, 0.25) is 0 Å². The van der Waals surface area contributed by atoms with Crippen molar-refractivity contribution in [1.29, 1.82) is 0 Å². The van der Waals surface area contributed by atoms with E-state index < -0.39 is 0 Å². The van der Waals surface area contributed by atoms with Crippen molar-refractivity contribution in [2.45, 2.75) is 212 Å². The van der Waals surface area contributed by atoms with Gasteiger partial charge in [0.1, 0.15) is 0 Å². The minimum Gasteiger partial charge on any atom is -0.289 e. The molecule has 0 aromatic rings. The fraction of sp³-hybridized carbons (Fsp3) is 0.971. The van der Waals surface area contributed by atoms with Crippen LogP contribution in [0.25, 0.3) is 0 Å². The number of unbranched alkanes of at least 4 members (excludes halogenated alkanes) is 31. The Balaban J connectivity index is 3.03. The van der Waals surface area contributed by atoms with Crippen LogP contribution in [0.1, 0.15) is 212 Å². The third-order valence-electron chi connectivity index (χ3n) is 8.41. The number of hydrogen-bond acceptors (Lipinski definition) is 2. The third-order valence-corrected chi connectivity index (χ3v) is 8.68. The van der Waals surface area contributed by atoms with E-state index >= 15 is 0 Å². The lowest BCUT2D eigenvalue weighted by Crippen LogP contribution is -2.17. The summed E-state index contributed by atoms with van der Waals surface area (Å²) in [6.07, 6.45) is 44.9. The second-order valence-corrected chi connectivity index (χ2v) is 12.7. The number of nitrogens with one attached hydrogen (secondary N) is 1. The number of halogens is 1. The van der Waals surface area contributed by atoms with Crippen molar-refractivity contribution in [2.75, 3.05) is 5.88 Å². The second-order valence-electron chi connectivity index (χ2n) is 12.3. The van der Waals surface area contributed by atoms with Crippen molar-refractivity contribution in [2.24, 2.45) is 0 Å². The fourth-order valence-corrected chi connectivity index (χ4v) is 5.93. The number of rotatable bonds is 34. The molecule has 2 N–H and O–H groups in total. The average molecular weight is 572 g/mol. The highest BCUT2D eigenvalue weighted by molar-refractivity contribution is 6.17. The van der Waals surface area contributed by atoms with Crippen molar-refractivity contribution >= 4 is 17.5 Å². The van der Waals surface area contributed by atoms with E-state index in [1.807, 2.05) is 0 Å². The molecule has 234 valence electrons. The zero-order valence-electron chi connectivity index (χ0n) is 26.3. The Hall–Kier alpha value is -0.280. The molecule has 0 saturated heterocycles. The fourth-order valence-electron chi connectivity index (χ4n) is 5.74. The zero-order valence-corrected chi connectivity index (χ0v) is 27.0. The Bertz CT molecular complexity index is 460. The molecule has 0 aromatic carbocycles. The topological polar surface area (TPSA) is 49.3 Å². The molecular formula is C35H70ClNO2. The molecule has 0 rings (SSSR count). The summed E-state index contributed by atoms with van der Waals surface area (Å²) in [6, 6.07) is 0. The van der Waals surface area contributed by atoms with Crippen LogP contribution in [0.4, 0.5) is 0 Å². The van der Waals surface area contributed by atoms with Gasteiger partial charge in [-0.3, -0.25) is 10.0 Å². The number of alkyl halides is 1. The summed E-state index contributed by atoms with van der Waals surface area (Å²) in [5, 5.41) is 8.45. The summed E-state index contributed by atoms with van der Waals surface area (Å²) >= 11 is 5.72. The molecule has 0 aliphatic rings. The molecule has 0 fully saturated rings. The summed E-state index contributed by atoms with van der Waals surface area (Å²) in [4.78, 5) is 10.9. The number of carbonyl (C=O) groups is 1. The lowest BCUT2D eigenvalue weighted by molar-refractivity contribution is -0.129. The molecule has 1 amide bonds. The van der Waals surface area contributed by atoms with Crippen molar-refractivity contribution in [3.63, 3.8) is 0 Å². The number of hydroxylamine groups is 1. The van der Waals surface area contributed by atoms with E-state index in [9.17, 15) is 4.79 Å². The van der Waals surface area contributed by atoms with Gasteiger partial charge in [-0.2, -0.15) is 0 Å². The summed E-state index contributed by atoms with van der Waals surface area (Å²) < 4.78 is 0. The maximum Gasteiger partial charge on any atom is 0.243 e. The molecule has 3 nitrogen and oxygen atoms in total. The third kappa shape index (κ3) is 35.7. The Morgan fingerprint density at radius 1 is 0.359 bits per heavy atom. The zero-order chi connectivity index (χ0) is 28.3. The van der Waals surface area contributed by atoms with Gasteiger partial charge in [-0.25, -0.2) is 5.48 Å². The number of amides is 1. The standard InChI is InChI=1S/C35H70ClNO2/c36-34-32-30-28-26-24-22-20-18-16-14-12-10-8-6-4-2-1-3-5-7-9-11-13-15-17-19-21-23-25-27-29-31-33-35(38)37-39/h39H,1-34H2,(H,37,38). The van der Waals surface area contributed by atoms with Gasteiger partial charge in [-0.1, -0.05) is 193 Å². The Morgan fingerprint density at radius 3 is 0.718 bits per heavy atom. The lowest BCUT2D eigenvalue weighted by Gasteiger charge is -2.05. The minimum absolute atomic E-state index is 0.256. The molecule has 0 saturated carbocycles. The van der Waals surface area contributed by atoms with E-state index in [2.05, 4.69) is 0 Å². The van der Waals surface area contributed by atoms with Crippen LogP contribution < -0.4 is 5.48 Å². The molecule has 0 spiro atoms. The first-order valence-electron chi connectivity index (χ1n) is 17.8. The van der Waals surface area contributed by atoms with Crippen LogP contribution in [-0.2, 0) is 4.79 Å². The SMILES string of the molecule is O=C(CCCCCCCCCCCCCCCCCCCCCCCCCCCCCCCCCCCl)NO. The van der Waals surface area contributed by atoms with Gasteiger partial charge in [-0.15, -0.1) is 11.6 Å². The molecule has 0 aromatic heterocycles. The van der Waals surface area contributed by atoms with Crippen LogP contribution in [0, 0.1) is 0 Å². The van der Waals surface area contributed by atoms with Gasteiger partial charge in [0.15, 0.2) is 0 Å². The van der Waals surface area contributed by atoms with E-state index in [0.29, 0.717) is 6.42 Å². The quantitative estimate of drug-likeness (QED) is 0.0349. The van der Waals surface area contributed by atoms with Crippen molar-refractivity contribution in [3.05, 3.63) is 0 Å². The second kappa shape index (κ2) is 35.7. The Morgan fingerprint density at radius 2 is 0.538 bits per heavy atom. The van der Waals surface area contributed by atoms with Gasteiger partial charge in [0.25, 0.3) is 0 Å². The van der Waals surface area contributed by atoms with Gasteiger partial charge >= 0.3 is 0 Å². The number of carbonyl (C=O) groups excluding carboxylic acids is 1. The predicted octanol–water partition coefficient (Wildman–Crippen LogP) is 12.6. The van der Waals surface area contributed by atoms with E-state index in [1.165, 1.54) is 193 Å². The first kappa shape index (κ1) is 38.7. The average Bonchev–Trinajstić information content (AvgIpc) is 2.95. The van der Waals surface area contributed by atoms with Gasteiger partial charge in [0.2, 0.25) is 5.91 Å². The minimum atomic E-state index is -0.256. The predicted molar refractivity (Wildman–Crippen MR) is 173 cm³/mol. The van der Waals surface area contributed by atoms with Gasteiger partial charge in [-0.05, 0) is 12.8 Å². The van der Waals surface area contributed by atoms with E-state index in [-0.39, 0.29) is 5.91 Å². The van der Waals surface area contributed by atoms with Crippen LogP contribution in [0.15, 0.2) is 0 Å². The summed E-state index contributed by atoms with van der Waals surface area (Å²) in [5.41, 5.74) is 1.70.